The third-order valence-corrected chi connectivity index (χ3v) is 4.69. The molecule has 1 aromatic carbocycles. The van der Waals surface area contributed by atoms with E-state index in [1.807, 2.05) is 6.92 Å². The highest BCUT2D eigenvalue weighted by molar-refractivity contribution is 5.96. The molecule has 2 atom stereocenters. The first-order valence-corrected chi connectivity index (χ1v) is 10.5. The summed E-state index contributed by atoms with van der Waals surface area (Å²) < 4.78 is 36.3. The van der Waals surface area contributed by atoms with Crippen molar-refractivity contribution in [2.45, 2.75) is 57.8 Å². The molecule has 2 amide bonds. The molecule has 3 rings (SSSR count). The van der Waals surface area contributed by atoms with Crippen LogP contribution in [-0.4, -0.2) is 46.3 Å². The molecule has 1 fully saturated rings. The molecule has 4 N–H and O–H groups in total. The van der Waals surface area contributed by atoms with E-state index < -0.39 is 29.2 Å². The molecule has 2 heterocycles. The Hall–Kier alpha value is -3.11. The Bertz CT molecular complexity index is 965. The topological polar surface area (TPSA) is 124 Å². The highest BCUT2D eigenvalue weighted by Gasteiger charge is 2.28. The van der Waals surface area contributed by atoms with E-state index in [9.17, 15) is 23.5 Å². The highest BCUT2D eigenvalue weighted by Crippen LogP contribution is 2.21. The van der Waals surface area contributed by atoms with Gasteiger partial charge in [-0.2, -0.15) is 4.39 Å². The Morgan fingerprint density at radius 1 is 1.30 bits per heavy atom. The zero-order chi connectivity index (χ0) is 24.6. The molecule has 0 bridgehead atoms. The average Bonchev–Trinajstić information content (AvgIpc) is 3.17. The maximum atomic E-state index is 13.1. The van der Waals surface area contributed by atoms with Crippen LogP contribution in [-0.2, 0) is 9.53 Å². The van der Waals surface area contributed by atoms with E-state index in [2.05, 4.69) is 10.3 Å². The number of pyridine rings is 1. The van der Waals surface area contributed by atoms with E-state index in [0.29, 0.717) is 18.5 Å². The number of aromatic nitrogens is 1. The molecule has 2 unspecified atom stereocenters. The number of halogens is 2. The molecule has 1 aliphatic rings. The lowest BCUT2D eigenvalue weighted by Gasteiger charge is -2.17. The number of ether oxygens (including phenoxy) is 2. The molecule has 33 heavy (non-hydrogen) atoms. The lowest BCUT2D eigenvalue weighted by molar-refractivity contribution is -0.126. The van der Waals surface area contributed by atoms with Crippen LogP contribution >= 0.6 is 0 Å². The zero-order valence-electron chi connectivity index (χ0n) is 18.8. The lowest BCUT2D eigenvalue weighted by atomic mass is 10.1. The van der Waals surface area contributed by atoms with E-state index in [-0.39, 0.29) is 30.1 Å². The van der Waals surface area contributed by atoms with E-state index in [0.717, 1.165) is 12.5 Å². The summed E-state index contributed by atoms with van der Waals surface area (Å²) in [6.07, 6.45) is 3.04. The summed E-state index contributed by atoms with van der Waals surface area (Å²) in [5, 5.41) is 12.1. The van der Waals surface area contributed by atoms with Gasteiger partial charge in [-0.3, -0.25) is 14.6 Å². The number of carbonyl (C=O) groups is 2. The van der Waals surface area contributed by atoms with E-state index in [1.165, 1.54) is 24.4 Å². The van der Waals surface area contributed by atoms with Gasteiger partial charge in [-0.15, -0.1) is 0 Å². The van der Waals surface area contributed by atoms with Crippen LogP contribution in [0.2, 0.25) is 0 Å². The first kappa shape index (κ1) is 26.1. The van der Waals surface area contributed by atoms with Gasteiger partial charge >= 0.3 is 0 Å². The van der Waals surface area contributed by atoms with Crippen molar-refractivity contribution in [3.8, 4) is 5.75 Å². The number of carbonyl (C=O) groups excluding carboxylic acids is 2. The van der Waals surface area contributed by atoms with Crippen LogP contribution in [0.1, 0.15) is 50.5 Å². The molecule has 2 aromatic rings. The average molecular weight is 465 g/mol. The van der Waals surface area contributed by atoms with Crippen LogP contribution in [0.15, 0.2) is 36.5 Å². The van der Waals surface area contributed by atoms with E-state index in [1.54, 1.807) is 19.9 Å². The summed E-state index contributed by atoms with van der Waals surface area (Å²) in [7, 11) is 0. The summed E-state index contributed by atoms with van der Waals surface area (Å²) in [5.74, 6) is -2.89. The van der Waals surface area contributed by atoms with Crippen molar-refractivity contribution >= 4 is 17.5 Å². The first-order valence-electron chi connectivity index (χ1n) is 10.5. The molecule has 1 saturated heterocycles. The smallest absolute Gasteiger partial charge is 0.267 e. The fourth-order valence-corrected chi connectivity index (χ4v) is 2.87. The molecule has 1 aromatic heterocycles. The number of benzene rings is 1. The molecule has 180 valence electrons. The fourth-order valence-electron chi connectivity index (χ4n) is 2.87. The van der Waals surface area contributed by atoms with Crippen molar-refractivity contribution in [2.75, 3.05) is 11.9 Å². The van der Waals surface area contributed by atoms with Gasteiger partial charge in [0.05, 0.1) is 18.3 Å². The zero-order valence-corrected chi connectivity index (χ0v) is 18.8. The number of rotatable bonds is 7. The number of anilines is 1. The Labute approximate surface area is 191 Å². The second-order valence-electron chi connectivity index (χ2n) is 8.26. The third-order valence-electron chi connectivity index (χ3n) is 4.69. The Balaban J connectivity index is 0.000000238. The standard InChI is InChI=1S/C12H15N3O3.C11H14F2O2/c1-7-2-3-10(18-7)12(17)15-8-4-5-14-9(6-8)11(13)16;1-11(2,14)6-7-15-9-5-3-4-8(12)10(9)13/h4-7,10H,2-3H2,1H3,(H2,13,16)(H,14,15,17);3-5,14H,6-7H2,1-2H3. The number of amides is 2. The van der Waals surface area contributed by atoms with Crippen molar-refractivity contribution in [3.05, 3.63) is 53.9 Å². The van der Waals surface area contributed by atoms with Crippen molar-refractivity contribution in [3.63, 3.8) is 0 Å². The second-order valence-corrected chi connectivity index (χ2v) is 8.26. The number of hydrogen-bond donors (Lipinski definition) is 3. The summed E-state index contributed by atoms with van der Waals surface area (Å²) in [5.41, 5.74) is 4.86. The van der Waals surface area contributed by atoms with Crippen LogP contribution in [0, 0.1) is 11.6 Å². The van der Waals surface area contributed by atoms with Crippen molar-refractivity contribution in [2.24, 2.45) is 5.73 Å². The molecule has 1 aliphatic heterocycles. The molecule has 8 nitrogen and oxygen atoms in total. The SMILES string of the molecule is CC(C)(O)CCOc1cccc(F)c1F.CC1CCC(C(=O)Nc2ccnc(C(N)=O)c2)O1. The summed E-state index contributed by atoms with van der Waals surface area (Å²) >= 11 is 0. The molecule has 0 saturated carbocycles. The van der Waals surface area contributed by atoms with Gasteiger partial charge in [0.15, 0.2) is 11.6 Å². The van der Waals surface area contributed by atoms with E-state index >= 15 is 0 Å². The highest BCUT2D eigenvalue weighted by atomic mass is 19.2. The van der Waals surface area contributed by atoms with Gasteiger partial charge in [0, 0.05) is 18.3 Å². The van der Waals surface area contributed by atoms with Crippen LogP contribution < -0.4 is 15.8 Å². The quantitative estimate of drug-likeness (QED) is 0.577. The van der Waals surface area contributed by atoms with Crippen LogP contribution in [0.3, 0.4) is 0 Å². The minimum atomic E-state index is -0.992. The maximum absolute atomic E-state index is 13.1. The molecular weight excluding hydrogens is 436 g/mol. The first-order chi connectivity index (χ1) is 15.5. The van der Waals surface area contributed by atoms with Crippen LogP contribution in [0.5, 0.6) is 5.75 Å². The predicted octanol–water partition coefficient (Wildman–Crippen LogP) is 3.19. The van der Waals surface area contributed by atoms with Crippen LogP contribution in [0.4, 0.5) is 14.5 Å². The van der Waals surface area contributed by atoms with Gasteiger partial charge in [0.1, 0.15) is 11.8 Å². The van der Waals surface area contributed by atoms with E-state index in [4.69, 9.17) is 15.2 Å². The predicted molar refractivity (Wildman–Crippen MR) is 118 cm³/mol. The summed E-state index contributed by atoms with van der Waals surface area (Å²) in [4.78, 5) is 26.6. The number of aliphatic hydroxyl groups is 1. The monoisotopic (exact) mass is 465 g/mol. The van der Waals surface area contributed by atoms with Gasteiger partial charge in [-0.05, 0) is 57.9 Å². The minimum absolute atomic E-state index is 0.111. The maximum Gasteiger partial charge on any atom is 0.267 e. The number of nitrogens with zero attached hydrogens (tertiary/aromatic N) is 1. The van der Waals surface area contributed by atoms with Crippen molar-refractivity contribution < 1.29 is 33.0 Å². The van der Waals surface area contributed by atoms with Gasteiger partial charge < -0.3 is 25.6 Å². The normalized spacial score (nSPS) is 17.6. The number of primary amides is 1. The Kier molecular flexibility index (Phi) is 9.24. The van der Waals surface area contributed by atoms with Gasteiger partial charge in [0.25, 0.3) is 11.8 Å². The van der Waals surface area contributed by atoms with Crippen LogP contribution in [0.25, 0.3) is 0 Å². The van der Waals surface area contributed by atoms with Gasteiger partial charge in [-0.1, -0.05) is 6.07 Å². The molecular formula is C23H29F2N3O5. The molecule has 10 heteroatoms. The number of hydrogen-bond acceptors (Lipinski definition) is 6. The number of nitrogens with one attached hydrogen (secondary N) is 1. The summed E-state index contributed by atoms with van der Waals surface area (Å²) in [6.45, 7) is 5.32. The second kappa shape index (κ2) is 11.7. The molecule has 0 spiro atoms. The Morgan fingerprint density at radius 3 is 2.64 bits per heavy atom. The number of nitrogens with two attached hydrogens (primary N) is 1. The van der Waals surface area contributed by atoms with Gasteiger partial charge in [0.2, 0.25) is 5.82 Å². The van der Waals surface area contributed by atoms with Crippen molar-refractivity contribution in [1.82, 2.24) is 4.98 Å². The Morgan fingerprint density at radius 2 is 2.03 bits per heavy atom. The molecule has 0 aliphatic carbocycles. The largest absolute Gasteiger partial charge is 0.490 e. The fraction of sp³-hybridized carbons (Fsp3) is 0.435. The minimum Gasteiger partial charge on any atom is -0.490 e. The third kappa shape index (κ3) is 8.74. The summed E-state index contributed by atoms with van der Waals surface area (Å²) in [6, 6.07) is 6.79. The van der Waals surface area contributed by atoms with Gasteiger partial charge in [-0.25, -0.2) is 4.39 Å². The molecule has 0 radical (unpaired) electrons. The van der Waals surface area contributed by atoms with Crippen molar-refractivity contribution in [1.29, 1.82) is 0 Å². The lowest BCUT2D eigenvalue weighted by Crippen LogP contribution is -2.28.